The summed E-state index contributed by atoms with van der Waals surface area (Å²) in [5.74, 6) is -0.549. The van der Waals surface area contributed by atoms with Gasteiger partial charge in [0, 0.05) is 12.6 Å². The Labute approximate surface area is 127 Å². The molecule has 1 aliphatic carbocycles. The van der Waals surface area contributed by atoms with Crippen LogP contribution in [-0.4, -0.2) is 42.0 Å². The molecular formula is C13H19ClN4O3. The summed E-state index contributed by atoms with van der Waals surface area (Å²) in [7, 11) is 1.25. The number of aromatic nitrogens is 2. The van der Waals surface area contributed by atoms with Crippen LogP contribution in [0.15, 0.2) is 11.0 Å². The maximum atomic E-state index is 11.9. The van der Waals surface area contributed by atoms with E-state index < -0.39 is 11.5 Å². The SMILES string of the molecule is COC(=O)Cn1ncc(NCCCNC2CC2)c(Cl)c1=O. The van der Waals surface area contributed by atoms with Crippen molar-refractivity contribution in [2.75, 3.05) is 25.5 Å². The lowest BCUT2D eigenvalue weighted by Crippen LogP contribution is -2.28. The molecule has 0 amide bonds. The van der Waals surface area contributed by atoms with Gasteiger partial charge in [0.15, 0.2) is 0 Å². The topological polar surface area (TPSA) is 85.2 Å². The average Bonchev–Trinajstić information content (AvgIpc) is 3.29. The highest BCUT2D eigenvalue weighted by Gasteiger charge is 2.19. The van der Waals surface area contributed by atoms with Crippen molar-refractivity contribution in [2.45, 2.75) is 31.8 Å². The molecule has 0 atom stereocenters. The van der Waals surface area contributed by atoms with Gasteiger partial charge in [-0.1, -0.05) is 11.6 Å². The van der Waals surface area contributed by atoms with E-state index in [1.807, 2.05) is 0 Å². The molecule has 116 valence electrons. The van der Waals surface area contributed by atoms with Crippen LogP contribution in [0.4, 0.5) is 5.69 Å². The van der Waals surface area contributed by atoms with Crippen LogP contribution in [0.2, 0.25) is 5.02 Å². The number of esters is 1. The molecule has 0 unspecified atom stereocenters. The Bertz CT molecular complexity index is 557. The van der Waals surface area contributed by atoms with E-state index in [2.05, 4.69) is 20.5 Å². The predicted molar refractivity (Wildman–Crippen MR) is 79.7 cm³/mol. The van der Waals surface area contributed by atoms with Gasteiger partial charge in [0.25, 0.3) is 5.56 Å². The molecule has 2 rings (SSSR count). The van der Waals surface area contributed by atoms with Gasteiger partial charge in [0.1, 0.15) is 11.6 Å². The van der Waals surface area contributed by atoms with Crippen LogP contribution in [0.1, 0.15) is 19.3 Å². The number of methoxy groups -OCH3 is 1. The van der Waals surface area contributed by atoms with Crippen molar-refractivity contribution in [1.29, 1.82) is 0 Å². The van der Waals surface area contributed by atoms with E-state index in [9.17, 15) is 9.59 Å². The number of carbonyl (C=O) groups excluding carboxylic acids is 1. The smallest absolute Gasteiger partial charge is 0.327 e. The van der Waals surface area contributed by atoms with Crippen molar-refractivity contribution in [3.63, 3.8) is 0 Å². The lowest BCUT2D eigenvalue weighted by atomic mass is 10.3. The highest BCUT2D eigenvalue weighted by atomic mass is 35.5. The summed E-state index contributed by atoms with van der Waals surface area (Å²) in [5.41, 5.74) is -0.0302. The third-order valence-corrected chi connectivity index (χ3v) is 3.54. The molecular weight excluding hydrogens is 296 g/mol. The first-order valence-electron chi connectivity index (χ1n) is 6.91. The van der Waals surface area contributed by atoms with E-state index in [-0.39, 0.29) is 11.6 Å². The Morgan fingerprint density at radius 2 is 2.29 bits per heavy atom. The van der Waals surface area contributed by atoms with Gasteiger partial charge < -0.3 is 15.4 Å². The Morgan fingerprint density at radius 1 is 1.52 bits per heavy atom. The number of carbonyl (C=O) groups is 1. The fourth-order valence-corrected chi connectivity index (χ4v) is 2.01. The summed E-state index contributed by atoms with van der Waals surface area (Å²) in [6.45, 7) is 1.38. The highest BCUT2D eigenvalue weighted by Crippen LogP contribution is 2.18. The van der Waals surface area contributed by atoms with E-state index in [1.165, 1.54) is 26.1 Å². The quantitative estimate of drug-likeness (QED) is 0.540. The zero-order chi connectivity index (χ0) is 15.2. The molecule has 0 radical (unpaired) electrons. The van der Waals surface area contributed by atoms with E-state index in [0.29, 0.717) is 18.3 Å². The van der Waals surface area contributed by atoms with Crippen molar-refractivity contribution in [3.05, 3.63) is 21.6 Å². The minimum atomic E-state index is -0.549. The number of nitrogens with zero attached hydrogens (tertiary/aromatic N) is 2. The number of halogens is 1. The van der Waals surface area contributed by atoms with Crippen molar-refractivity contribution in [3.8, 4) is 0 Å². The van der Waals surface area contributed by atoms with Gasteiger partial charge in [-0.2, -0.15) is 5.10 Å². The van der Waals surface area contributed by atoms with Gasteiger partial charge in [-0.3, -0.25) is 9.59 Å². The Kier molecular flexibility index (Phi) is 5.58. The summed E-state index contributed by atoms with van der Waals surface area (Å²) in [6.07, 6.45) is 4.91. The van der Waals surface area contributed by atoms with Crippen LogP contribution in [0.25, 0.3) is 0 Å². The largest absolute Gasteiger partial charge is 0.468 e. The number of ether oxygens (including phenoxy) is 1. The number of nitrogens with one attached hydrogen (secondary N) is 2. The van der Waals surface area contributed by atoms with Crippen molar-refractivity contribution < 1.29 is 9.53 Å². The molecule has 1 aliphatic rings. The van der Waals surface area contributed by atoms with Crippen LogP contribution < -0.4 is 16.2 Å². The van der Waals surface area contributed by atoms with Gasteiger partial charge in [-0.25, -0.2) is 4.68 Å². The predicted octanol–water partition coefficient (Wildman–Crippen LogP) is 0.624. The summed E-state index contributed by atoms with van der Waals surface area (Å²) in [6, 6.07) is 0.692. The molecule has 0 bridgehead atoms. The van der Waals surface area contributed by atoms with E-state index in [4.69, 9.17) is 11.6 Å². The molecule has 8 heteroatoms. The van der Waals surface area contributed by atoms with Crippen LogP contribution in [0, 0.1) is 0 Å². The normalized spacial score (nSPS) is 14.0. The first-order chi connectivity index (χ1) is 10.1. The van der Waals surface area contributed by atoms with Gasteiger partial charge in [0.05, 0.1) is 19.0 Å². The van der Waals surface area contributed by atoms with Gasteiger partial charge in [0.2, 0.25) is 0 Å². The van der Waals surface area contributed by atoms with Crippen molar-refractivity contribution in [2.24, 2.45) is 0 Å². The number of hydrogen-bond donors (Lipinski definition) is 2. The molecule has 7 nitrogen and oxygen atoms in total. The maximum absolute atomic E-state index is 11.9. The molecule has 1 aromatic rings. The molecule has 21 heavy (non-hydrogen) atoms. The number of hydrogen-bond acceptors (Lipinski definition) is 6. The number of rotatable bonds is 8. The third kappa shape index (κ3) is 4.71. The van der Waals surface area contributed by atoms with E-state index >= 15 is 0 Å². The highest BCUT2D eigenvalue weighted by molar-refractivity contribution is 6.32. The molecule has 1 aromatic heterocycles. The second kappa shape index (κ2) is 7.42. The van der Waals surface area contributed by atoms with E-state index in [1.54, 1.807) is 0 Å². The third-order valence-electron chi connectivity index (χ3n) is 3.17. The molecule has 0 aliphatic heterocycles. The first kappa shape index (κ1) is 15.8. The monoisotopic (exact) mass is 314 g/mol. The Balaban J connectivity index is 1.86. The number of anilines is 1. The van der Waals surface area contributed by atoms with Gasteiger partial charge >= 0.3 is 5.97 Å². The summed E-state index contributed by atoms with van der Waals surface area (Å²) in [5, 5.41) is 10.4. The lowest BCUT2D eigenvalue weighted by molar-refractivity contribution is -0.141. The fourth-order valence-electron chi connectivity index (χ4n) is 1.79. The second-order valence-electron chi connectivity index (χ2n) is 4.92. The van der Waals surface area contributed by atoms with Crippen molar-refractivity contribution >= 4 is 23.3 Å². The minimum Gasteiger partial charge on any atom is -0.468 e. The first-order valence-corrected chi connectivity index (χ1v) is 7.29. The molecule has 1 saturated carbocycles. The second-order valence-corrected chi connectivity index (χ2v) is 5.30. The van der Waals surface area contributed by atoms with Crippen molar-refractivity contribution in [1.82, 2.24) is 15.1 Å². The zero-order valence-electron chi connectivity index (χ0n) is 11.9. The maximum Gasteiger partial charge on any atom is 0.327 e. The molecule has 1 heterocycles. The van der Waals surface area contributed by atoms with Crippen LogP contribution in [0.5, 0.6) is 0 Å². The molecule has 0 saturated heterocycles. The molecule has 1 fully saturated rings. The van der Waals surface area contributed by atoms with Crippen LogP contribution >= 0.6 is 11.6 Å². The van der Waals surface area contributed by atoms with Crippen LogP contribution in [-0.2, 0) is 16.1 Å². The molecule has 2 N–H and O–H groups in total. The summed E-state index contributed by atoms with van der Waals surface area (Å²) >= 11 is 5.99. The van der Waals surface area contributed by atoms with Gasteiger partial charge in [-0.05, 0) is 25.8 Å². The fraction of sp³-hybridized carbons (Fsp3) is 0.615. The zero-order valence-corrected chi connectivity index (χ0v) is 12.7. The van der Waals surface area contributed by atoms with Crippen LogP contribution in [0.3, 0.4) is 0 Å². The Morgan fingerprint density at radius 3 is 2.95 bits per heavy atom. The van der Waals surface area contributed by atoms with E-state index in [0.717, 1.165) is 17.6 Å². The standard InChI is InChI=1S/C13H19ClN4O3/c1-21-11(19)8-18-13(20)12(14)10(7-17-18)16-6-2-5-15-9-3-4-9/h7,9,15-16H,2-6,8H2,1H3. The molecule has 0 spiro atoms. The average molecular weight is 315 g/mol. The summed E-state index contributed by atoms with van der Waals surface area (Å²) < 4.78 is 5.47. The summed E-state index contributed by atoms with van der Waals surface area (Å²) in [4.78, 5) is 23.1. The molecule has 0 aromatic carbocycles. The van der Waals surface area contributed by atoms with Gasteiger partial charge in [-0.15, -0.1) is 0 Å². The Hall–Kier alpha value is -1.60. The lowest BCUT2D eigenvalue weighted by Gasteiger charge is -2.10. The minimum absolute atomic E-state index is 0.0315.